The van der Waals surface area contributed by atoms with E-state index in [0.717, 1.165) is 13.0 Å². The van der Waals surface area contributed by atoms with Gasteiger partial charge in [0.15, 0.2) is 5.69 Å². The number of anilines is 1. The highest BCUT2D eigenvalue weighted by Gasteiger charge is 2.11. The summed E-state index contributed by atoms with van der Waals surface area (Å²) < 4.78 is 0. The van der Waals surface area contributed by atoms with Gasteiger partial charge in [0.05, 0.1) is 0 Å². The Morgan fingerprint density at radius 3 is 2.53 bits per heavy atom. The molecule has 0 fully saturated rings. The van der Waals surface area contributed by atoms with E-state index in [4.69, 9.17) is 0 Å². The maximum atomic E-state index is 11.9. The molecule has 0 bridgehead atoms. The molecule has 5 heteroatoms. The van der Waals surface area contributed by atoms with Crippen molar-refractivity contribution < 1.29 is 4.79 Å². The SMILES string of the molecule is CCCNc1ccc(C(=O)NCC(C)C(C)C)nn1. The van der Waals surface area contributed by atoms with E-state index in [2.05, 4.69) is 48.5 Å². The predicted octanol–water partition coefficient (Wildman–Crippen LogP) is 2.32. The molecule has 19 heavy (non-hydrogen) atoms. The quantitative estimate of drug-likeness (QED) is 0.793. The molecule has 5 nitrogen and oxygen atoms in total. The number of carbonyl (C=O) groups excluding carboxylic acids is 1. The largest absolute Gasteiger partial charge is 0.369 e. The monoisotopic (exact) mass is 264 g/mol. The summed E-state index contributed by atoms with van der Waals surface area (Å²) in [4.78, 5) is 11.9. The van der Waals surface area contributed by atoms with E-state index in [1.54, 1.807) is 12.1 Å². The van der Waals surface area contributed by atoms with Crippen LogP contribution >= 0.6 is 0 Å². The van der Waals surface area contributed by atoms with E-state index in [0.29, 0.717) is 29.9 Å². The lowest BCUT2D eigenvalue weighted by Gasteiger charge is -2.15. The molecule has 106 valence electrons. The topological polar surface area (TPSA) is 66.9 Å². The molecule has 0 aliphatic heterocycles. The molecule has 0 saturated heterocycles. The standard InChI is InChI=1S/C14H24N4O/c1-5-8-15-13-7-6-12(17-18-13)14(19)16-9-11(4)10(2)3/h6-7,10-11H,5,8-9H2,1-4H3,(H,15,18)(H,16,19). The molecule has 0 spiro atoms. The van der Waals surface area contributed by atoms with Crippen molar-refractivity contribution in [3.8, 4) is 0 Å². The number of amides is 1. The first-order valence-corrected chi connectivity index (χ1v) is 6.90. The summed E-state index contributed by atoms with van der Waals surface area (Å²) in [5, 5.41) is 13.9. The van der Waals surface area contributed by atoms with Crippen molar-refractivity contribution in [2.24, 2.45) is 11.8 Å². The Morgan fingerprint density at radius 1 is 1.26 bits per heavy atom. The number of rotatable bonds is 7. The van der Waals surface area contributed by atoms with Crippen LogP contribution in [-0.2, 0) is 0 Å². The van der Waals surface area contributed by atoms with Gasteiger partial charge in [-0.15, -0.1) is 10.2 Å². The molecule has 0 aromatic carbocycles. The average Bonchev–Trinajstić information content (AvgIpc) is 2.42. The number of nitrogens with one attached hydrogen (secondary N) is 2. The lowest BCUT2D eigenvalue weighted by molar-refractivity contribution is 0.0939. The minimum atomic E-state index is -0.165. The highest BCUT2D eigenvalue weighted by atomic mass is 16.1. The third-order valence-electron chi connectivity index (χ3n) is 3.18. The lowest BCUT2D eigenvalue weighted by atomic mass is 9.98. The fourth-order valence-electron chi connectivity index (χ4n) is 1.38. The maximum absolute atomic E-state index is 11.9. The zero-order chi connectivity index (χ0) is 14.3. The van der Waals surface area contributed by atoms with Crippen LogP contribution in [0.5, 0.6) is 0 Å². The van der Waals surface area contributed by atoms with Gasteiger partial charge in [0.1, 0.15) is 5.82 Å². The van der Waals surface area contributed by atoms with Crippen molar-refractivity contribution >= 4 is 11.7 Å². The van der Waals surface area contributed by atoms with E-state index in [9.17, 15) is 4.79 Å². The second-order valence-electron chi connectivity index (χ2n) is 5.16. The van der Waals surface area contributed by atoms with E-state index in [1.165, 1.54) is 0 Å². The van der Waals surface area contributed by atoms with Gasteiger partial charge in [0.2, 0.25) is 0 Å². The van der Waals surface area contributed by atoms with Crippen LogP contribution in [0.15, 0.2) is 12.1 Å². The molecule has 1 atom stereocenters. The Labute approximate surface area is 115 Å². The fraction of sp³-hybridized carbons (Fsp3) is 0.643. The first-order chi connectivity index (χ1) is 9.04. The molecule has 1 amide bonds. The van der Waals surface area contributed by atoms with Crippen LogP contribution < -0.4 is 10.6 Å². The smallest absolute Gasteiger partial charge is 0.271 e. The lowest BCUT2D eigenvalue weighted by Crippen LogP contribution is -2.30. The van der Waals surface area contributed by atoms with Gasteiger partial charge in [-0.05, 0) is 30.4 Å². The van der Waals surface area contributed by atoms with Gasteiger partial charge in [-0.2, -0.15) is 0 Å². The molecule has 1 heterocycles. The van der Waals surface area contributed by atoms with Crippen LogP contribution in [0.1, 0.15) is 44.6 Å². The van der Waals surface area contributed by atoms with Crippen molar-refractivity contribution in [1.82, 2.24) is 15.5 Å². The molecular weight excluding hydrogens is 240 g/mol. The second kappa shape index (κ2) is 7.71. The van der Waals surface area contributed by atoms with Crippen LogP contribution in [0.4, 0.5) is 5.82 Å². The zero-order valence-electron chi connectivity index (χ0n) is 12.2. The van der Waals surface area contributed by atoms with Crippen LogP contribution in [0.3, 0.4) is 0 Å². The van der Waals surface area contributed by atoms with Gasteiger partial charge < -0.3 is 10.6 Å². The van der Waals surface area contributed by atoms with Crippen LogP contribution in [-0.4, -0.2) is 29.2 Å². The first kappa shape index (κ1) is 15.4. The number of hydrogen-bond donors (Lipinski definition) is 2. The molecule has 0 aliphatic rings. The Hall–Kier alpha value is -1.65. The number of aromatic nitrogens is 2. The molecular formula is C14H24N4O. The predicted molar refractivity (Wildman–Crippen MR) is 77.1 cm³/mol. The van der Waals surface area contributed by atoms with Crippen LogP contribution in [0.25, 0.3) is 0 Å². The summed E-state index contributed by atoms with van der Waals surface area (Å²) in [6.07, 6.45) is 1.02. The minimum absolute atomic E-state index is 0.165. The van der Waals surface area contributed by atoms with Crippen LogP contribution in [0, 0.1) is 11.8 Å². The van der Waals surface area contributed by atoms with Crippen molar-refractivity contribution in [3.05, 3.63) is 17.8 Å². The van der Waals surface area contributed by atoms with Gasteiger partial charge in [0.25, 0.3) is 5.91 Å². The summed E-state index contributed by atoms with van der Waals surface area (Å²) in [5.74, 6) is 1.53. The molecule has 0 aliphatic carbocycles. The summed E-state index contributed by atoms with van der Waals surface area (Å²) in [5.41, 5.74) is 0.359. The van der Waals surface area contributed by atoms with E-state index in [-0.39, 0.29) is 5.91 Å². The third kappa shape index (κ3) is 5.24. The summed E-state index contributed by atoms with van der Waals surface area (Å²) in [7, 11) is 0. The maximum Gasteiger partial charge on any atom is 0.271 e. The van der Waals surface area contributed by atoms with Crippen molar-refractivity contribution in [2.75, 3.05) is 18.4 Å². The van der Waals surface area contributed by atoms with E-state index < -0.39 is 0 Å². The Kier molecular flexibility index (Phi) is 6.25. The van der Waals surface area contributed by atoms with Crippen molar-refractivity contribution in [2.45, 2.75) is 34.1 Å². The highest BCUT2D eigenvalue weighted by Crippen LogP contribution is 2.08. The molecule has 1 rings (SSSR count). The summed E-state index contributed by atoms with van der Waals surface area (Å²) >= 11 is 0. The summed E-state index contributed by atoms with van der Waals surface area (Å²) in [6.45, 7) is 10.0. The van der Waals surface area contributed by atoms with E-state index in [1.807, 2.05) is 0 Å². The summed E-state index contributed by atoms with van der Waals surface area (Å²) in [6, 6.07) is 3.48. The average molecular weight is 264 g/mol. The van der Waals surface area contributed by atoms with Crippen molar-refractivity contribution in [3.63, 3.8) is 0 Å². The molecule has 1 aromatic rings. The normalized spacial score (nSPS) is 12.3. The van der Waals surface area contributed by atoms with Gasteiger partial charge in [-0.3, -0.25) is 4.79 Å². The number of hydrogen-bond acceptors (Lipinski definition) is 4. The van der Waals surface area contributed by atoms with Crippen molar-refractivity contribution in [1.29, 1.82) is 0 Å². The minimum Gasteiger partial charge on any atom is -0.369 e. The molecule has 1 unspecified atom stereocenters. The fourth-order valence-corrected chi connectivity index (χ4v) is 1.38. The number of nitrogens with zero attached hydrogens (tertiary/aromatic N) is 2. The third-order valence-corrected chi connectivity index (χ3v) is 3.18. The zero-order valence-corrected chi connectivity index (χ0v) is 12.2. The Bertz CT molecular complexity index is 389. The first-order valence-electron chi connectivity index (χ1n) is 6.90. The molecule has 0 radical (unpaired) electrons. The van der Waals surface area contributed by atoms with Gasteiger partial charge in [-0.1, -0.05) is 27.7 Å². The molecule has 1 aromatic heterocycles. The molecule has 2 N–H and O–H groups in total. The Morgan fingerprint density at radius 2 is 2.00 bits per heavy atom. The molecule has 0 saturated carbocycles. The van der Waals surface area contributed by atoms with Gasteiger partial charge in [-0.25, -0.2) is 0 Å². The highest BCUT2D eigenvalue weighted by molar-refractivity contribution is 5.92. The van der Waals surface area contributed by atoms with Gasteiger partial charge in [0, 0.05) is 13.1 Å². The Balaban J connectivity index is 2.48. The van der Waals surface area contributed by atoms with Crippen LogP contribution in [0.2, 0.25) is 0 Å². The number of carbonyl (C=O) groups is 1. The second-order valence-corrected chi connectivity index (χ2v) is 5.16. The van der Waals surface area contributed by atoms with Gasteiger partial charge >= 0.3 is 0 Å². The van der Waals surface area contributed by atoms with E-state index >= 15 is 0 Å².